The number of amides is 1. The van der Waals surface area contributed by atoms with Gasteiger partial charge in [-0.25, -0.2) is 14.3 Å². The molecule has 1 fully saturated rings. The van der Waals surface area contributed by atoms with Crippen molar-refractivity contribution in [3.05, 3.63) is 72.1 Å². The summed E-state index contributed by atoms with van der Waals surface area (Å²) in [6.45, 7) is 1.46. The predicted molar refractivity (Wildman–Crippen MR) is 136 cm³/mol. The van der Waals surface area contributed by atoms with E-state index in [-0.39, 0.29) is 4.21 Å². The smallest absolute Gasteiger partial charge is 0.277 e. The Bertz CT molecular complexity index is 1270. The van der Waals surface area contributed by atoms with E-state index in [4.69, 9.17) is 9.57 Å². The maximum absolute atomic E-state index is 13.1. The van der Waals surface area contributed by atoms with Crippen LogP contribution in [0.3, 0.4) is 0 Å². The molecule has 35 heavy (non-hydrogen) atoms. The van der Waals surface area contributed by atoms with Gasteiger partial charge in [-0.3, -0.25) is 4.79 Å². The van der Waals surface area contributed by atoms with E-state index in [1.54, 1.807) is 12.1 Å². The Hall–Kier alpha value is -2.76. The molecule has 10 heteroatoms. The van der Waals surface area contributed by atoms with E-state index < -0.39 is 22.2 Å². The van der Waals surface area contributed by atoms with E-state index in [1.165, 1.54) is 41.4 Å². The summed E-state index contributed by atoms with van der Waals surface area (Å²) in [6, 6.07) is 13.2. The molecule has 3 heterocycles. The van der Waals surface area contributed by atoms with Gasteiger partial charge in [-0.1, -0.05) is 24.3 Å². The lowest BCUT2D eigenvalue weighted by atomic mass is 10.1. The number of thiophene rings is 1. The van der Waals surface area contributed by atoms with Gasteiger partial charge in [0, 0.05) is 42.9 Å². The Morgan fingerprint density at radius 1 is 1.20 bits per heavy atom. The van der Waals surface area contributed by atoms with Crippen LogP contribution in [-0.4, -0.2) is 50.2 Å². The van der Waals surface area contributed by atoms with Crippen LogP contribution in [0, 0.1) is 0 Å². The van der Waals surface area contributed by atoms with Gasteiger partial charge in [0.15, 0.2) is 6.29 Å². The number of hydrogen-bond donors (Lipinski definition) is 1. The highest BCUT2D eigenvalue weighted by Gasteiger charge is 2.20. The van der Waals surface area contributed by atoms with E-state index in [0.717, 1.165) is 40.2 Å². The van der Waals surface area contributed by atoms with Crippen molar-refractivity contribution in [3.63, 3.8) is 0 Å². The van der Waals surface area contributed by atoms with E-state index in [1.807, 2.05) is 32.3 Å². The quantitative estimate of drug-likeness (QED) is 0.341. The van der Waals surface area contributed by atoms with Crippen molar-refractivity contribution in [2.24, 2.45) is 0 Å². The van der Waals surface area contributed by atoms with Crippen molar-refractivity contribution >= 4 is 33.3 Å². The minimum absolute atomic E-state index is 0.245. The molecule has 1 N–H and O–H groups in total. The van der Waals surface area contributed by atoms with Gasteiger partial charge < -0.3 is 9.64 Å². The summed E-state index contributed by atoms with van der Waals surface area (Å²) in [4.78, 5) is 20.2. The third-order valence-electron chi connectivity index (χ3n) is 5.40. The van der Waals surface area contributed by atoms with Gasteiger partial charge in [0.25, 0.3) is 15.9 Å². The monoisotopic (exact) mass is 515 g/mol. The average molecular weight is 516 g/mol. The van der Waals surface area contributed by atoms with Crippen LogP contribution in [0.25, 0.3) is 16.5 Å². The third kappa shape index (κ3) is 6.68. The van der Waals surface area contributed by atoms with Gasteiger partial charge >= 0.3 is 0 Å². The number of ether oxygens (including phenoxy) is 1. The lowest BCUT2D eigenvalue weighted by Crippen LogP contribution is -2.32. The standard InChI is InChI=1S/C25H29N3O5S2/c1-27(2)17-19-6-9-21(10-7-19)22-11-13-25(34-22)35(30,31)28-15-14-20(18-28)8-12-23(29)26-33-24-5-3-4-16-32-24/h6-15,18,24H,3-5,16-17H2,1-2H3,(H,26,29)/b12-8+. The zero-order valence-electron chi connectivity index (χ0n) is 19.7. The number of rotatable bonds is 9. The highest BCUT2D eigenvalue weighted by molar-refractivity contribution is 7.92. The van der Waals surface area contributed by atoms with Gasteiger partial charge in [0.1, 0.15) is 4.21 Å². The van der Waals surface area contributed by atoms with Gasteiger partial charge in [-0.2, -0.15) is 8.42 Å². The third-order valence-corrected chi connectivity index (χ3v) is 8.63. The number of hydroxylamine groups is 1. The Morgan fingerprint density at radius 2 is 2.00 bits per heavy atom. The second kappa shape index (κ2) is 11.3. The molecule has 0 radical (unpaired) electrons. The van der Waals surface area contributed by atoms with Gasteiger partial charge in [-0.15, -0.1) is 11.3 Å². The fraction of sp³-hybridized carbons (Fsp3) is 0.320. The highest BCUT2D eigenvalue weighted by Crippen LogP contribution is 2.32. The fourth-order valence-corrected chi connectivity index (χ4v) is 6.25. The minimum atomic E-state index is -3.74. The van der Waals surface area contributed by atoms with Crippen LogP contribution in [0.5, 0.6) is 0 Å². The van der Waals surface area contributed by atoms with Crippen LogP contribution in [-0.2, 0) is 30.9 Å². The van der Waals surface area contributed by atoms with Crippen LogP contribution in [0.15, 0.2) is 65.1 Å². The summed E-state index contributed by atoms with van der Waals surface area (Å²) in [5.74, 6) is -0.450. The van der Waals surface area contributed by atoms with Gasteiger partial charge in [0.2, 0.25) is 0 Å². The topological polar surface area (TPSA) is 89.9 Å². The predicted octanol–water partition coefficient (Wildman–Crippen LogP) is 4.10. The summed E-state index contributed by atoms with van der Waals surface area (Å²) < 4.78 is 33.0. The maximum Gasteiger partial charge on any atom is 0.277 e. The molecule has 1 atom stereocenters. The molecule has 0 aliphatic carbocycles. The molecular weight excluding hydrogens is 486 g/mol. The number of nitrogens with zero attached hydrogens (tertiary/aromatic N) is 2. The molecule has 4 rings (SSSR count). The molecule has 1 aliphatic heterocycles. The average Bonchev–Trinajstić information content (AvgIpc) is 3.53. The van der Waals surface area contributed by atoms with Crippen molar-refractivity contribution in [2.45, 2.75) is 36.3 Å². The molecule has 0 spiro atoms. The van der Waals surface area contributed by atoms with Crippen molar-refractivity contribution in [3.8, 4) is 10.4 Å². The Kier molecular flexibility index (Phi) is 8.19. The van der Waals surface area contributed by atoms with E-state index in [2.05, 4.69) is 22.5 Å². The summed E-state index contributed by atoms with van der Waals surface area (Å²) in [7, 11) is 0.295. The van der Waals surface area contributed by atoms with Gasteiger partial charge in [-0.05, 0) is 67.9 Å². The molecule has 1 aliphatic rings. The number of carbonyl (C=O) groups is 1. The summed E-state index contributed by atoms with van der Waals surface area (Å²) in [6.07, 6.45) is 8.04. The summed E-state index contributed by atoms with van der Waals surface area (Å²) in [5.41, 5.74) is 5.08. The van der Waals surface area contributed by atoms with Crippen LogP contribution < -0.4 is 5.48 Å². The first kappa shape index (κ1) is 25.3. The van der Waals surface area contributed by atoms with Crippen molar-refractivity contribution in [2.75, 3.05) is 20.7 Å². The summed E-state index contributed by atoms with van der Waals surface area (Å²) in [5, 5.41) is 0. The second-order valence-corrected chi connectivity index (χ2v) is 11.7. The lowest BCUT2D eigenvalue weighted by Gasteiger charge is -2.21. The number of aromatic nitrogens is 1. The van der Waals surface area contributed by atoms with E-state index in [0.29, 0.717) is 12.2 Å². The van der Waals surface area contributed by atoms with E-state index >= 15 is 0 Å². The molecule has 0 saturated carbocycles. The van der Waals surface area contributed by atoms with Crippen LogP contribution in [0.2, 0.25) is 0 Å². The molecule has 1 amide bonds. The Labute approximate surface area is 209 Å². The normalized spacial score (nSPS) is 16.7. The van der Waals surface area contributed by atoms with Crippen molar-refractivity contribution in [1.82, 2.24) is 14.4 Å². The highest BCUT2D eigenvalue weighted by atomic mass is 32.2. The zero-order valence-corrected chi connectivity index (χ0v) is 21.3. The van der Waals surface area contributed by atoms with Crippen LogP contribution >= 0.6 is 11.3 Å². The molecular formula is C25H29N3O5S2. The number of benzene rings is 1. The zero-order chi connectivity index (χ0) is 24.8. The first-order chi connectivity index (χ1) is 16.8. The molecule has 8 nitrogen and oxygen atoms in total. The molecule has 0 bridgehead atoms. The number of carbonyl (C=O) groups excluding carboxylic acids is 1. The van der Waals surface area contributed by atoms with Crippen molar-refractivity contribution < 1.29 is 22.8 Å². The Balaban J connectivity index is 1.39. The van der Waals surface area contributed by atoms with Crippen LogP contribution in [0.4, 0.5) is 0 Å². The number of nitrogens with one attached hydrogen (secondary N) is 1. The SMILES string of the molecule is CN(C)Cc1ccc(-c2ccc(S(=O)(=O)n3ccc(/C=C/C(=O)NOC4CCCCO4)c3)s2)cc1. The van der Waals surface area contributed by atoms with E-state index in [9.17, 15) is 13.2 Å². The first-order valence-electron chi connectivity index (χ1n) is 11.3. The number of hydrogen-bond acceptors (Lipinski definition) is 7. The molecule has 3 aromatic rings. The maximum atomic E-state index is 13.1. The first-order valence-corrected chi connectivity index (χ1v) is 13.6. The molecule has 1 aromatic carbocycles. The van der Waals surface area contributed by atoms with Crippen LogP contribution in [0.1, 0.15) is 30.4 Å². The molecule has 186 valence electrons. The minimum Gasteiger partial charge on any atom is -0.350 e. The second-order valence-electron chi connectivity index (χ2n) is 8.55. The Morgan fingerprint density at radius 3 is 2.71 bits per heavy atom. The fourth-order valence-electron chi connectivity index (χ4n) is 3.63. The summed E-state index contributed by atoms with van der Waals surface area (Å²) >= 11 is 1.23. The molecule has 2 aromatic heterocycles. The van der Waals surface area contributed by atoms with Gasteiger partial charge in [0.05, 0.1) is 0 Å². The molecule has 1 saturated heterocycles. The van der Waals surface area contributed by atoms with Crippen molar-refractivity contribution in [1.29, 1.82) is 0 Å². The lowest BCUT2D eigenvalue weighted by molar-refractivity contribution is -0.198. The molecule has 1 unspecified atom stereocenters. The largest absolute Gasteiger partial charge is 0.350 e.